The van der Waals surface area contributed by atoms with Crippen LogP contribution in [-0.2, 0) is 9.59 Å². The second-order valence-electron chi connectivity index (χ2n) is 5.77. The molecule has 5 nitrogen and oxygen atoms in total. The zero-order chi connectivity index (χ0) is 19.0. The molecule has 1 aliphatic carbocycles. The van der Waals surface area contributed by atoms with Crippen LogP contribution < -0.4 is 10.9 Å². The van der Waals surface area contributed by atoms with E-state index in [1.807, 2.05) is 0 Å². The molecule has 0 amide bonds. The highest BCUT2D eigenvalue weighted by Gasteiger charge is 2.28. The molecule has 0 saturated heterocycles. The Bertz CT molecular complexity index is 1120. The highest BCUT2D eigenvalue weighted by molar-refractivity contribution is 6.31. The Morgan fingerprint density at radius 1 is 0.885 bits per heavy atom. The molecule has 26 heavy (non-hydrogen) atoms. The molecular formula is C21H14O5. The molecule has 1 N–H and O–H groups in total. The summed E-state index contributed by atoms with van der Waals surface area (Å²) in [7, 11) is 0. The van der Waals surface area contributed by atoms with E-state index in [1.165, 1.54) is 30.3 Å². The Balaban J connectivity index is 2.61. The Labute approximate surface area is 148 Å². The first-order chi connectivity index (χ1) is 12.4. The van der Waals surface area contributed by atoms with Crippen molar-refractivity contribution in [2.45, 2.75) is 6.42 Å². The molecule has 3 aromatic rings. The van der Waals surface area contributed by atoms with Crippen molar-refractivity contribution in [3.63, 3.8) is 0 Å². The lowest BCUT2D eigenvalue weighted by atomic mass is 9.84. The second-order valence-corrected chi connectivity index (χ2v) is 5.77. The summed E-state index contributed by atoms with van der Waals surface area (Å²) in [5.74, 6) is -1.70. The third kappa shape index (κ3) is 2.50. The predicted octanol–water partition coefficient (Wildman–Crippen LogP) is 2.56. The number of carbonyl (C=O) groups is 2. The minimum absolute atomic E-state index is 0.0474. The minimum Gasteiger partial charge on any atom is -0.507 e. The topological polar surface area (TPSA) is 88.5 Å². The normalized spacial score (nSPS) is 12.9. The van der Waals surface area contributed by atoms with Crippen molar-refractivity contribution in [3.05, 3.63) is 92.8 Å². The molecule has 2 bridgehead atoms. The van der Waals surface area contributed by atoms with Crippen molar-refractivity contribution >= 4 is 33.7 Å². The van der Waals surface area contributed by atoms with Crippen LogP contribution in [0.1, 0.15) is 17.5 Å². The first kappa shape index (κ1) is 17.2. The van der Waals surface area contributed by atoms with E-state index in [2.05, 4.69) is 13.2 Å². The van der Waals surface area contributed by atoms with Crippen molar-refractivity contribution in [2.75, 3.05) is 0 Å². The summed E-state index contributed by atoms with van der Waals surface area (Å²) in [4.78, 5) is 50.4. The van der Waals surface area contributed by atoms with E-state index >= 15 is 0 Å². The third-order valence-corrected chi connectivity index (χ3v) is 4.34. The fourth-order valence-electron chi connectivity index (χ4n) is 3.07. The standard InChI is InChI=1S/C21H14O5/c1-3-14(22)17(15(23)4-2)13-9-10-16(24)19-18(13)20(25)11-5-7-12(8-6-11)21(19)26/h3-8,10,24H,1-2,9H2. The maximum atomic E-state index is 13.0. The second kappa shape index (κ2) is 6.37. The average molecular weight is 346 g/mol. The van der Waals surface area contributed by atoms with Gasteiger partial charge in [0.25, 0.3) is 0 Å². The number of hydrogen-bond donors (Lipinski definition) is 1. The summed E-state index contributed by atoms with van der Waals surface area (Å²) >= 11 is 0. The van der Waals surface area contributed by atoms with Gasteiger partial charge in [0.1, 0.15) is 5.76 Å². The van der Waals surface area contributed by atoms with Crippen LogP contribution in [0.25, 0.3) is 22.1 Å². The van der Waals surface area contributed by atoms with E-state index in [1.54, 1.807) is 0 Å². The van der Waals surface area contributed by atoms with Crippen LogP contribution in [0.3, 0.4) is 0 Å². The van der Waals surface area contributed by atoms with Gasteiger partial charge < -0.3 is 5.11 Å². The highest BCUT2D eigenvalue weighted by Crippen LogP contribution is 2.32. The highest BCUT2D eigenvalue weighted by atomic mass is 16.3. The lowest BCUT2D eigenvalue weighted by molar-refractivity contribution is -0.116. The molecule has 0 aromatic heterocycles. The molecule has 0 radical (unpaired) electrons. The van der Waals surface area contributed by atoms with E-state index in [4.69, 9.17) is 0 Å². The summed E-state index contributed by atoms with van der Waals surface area (Å²) in [6, 6.07) is 5.98. The van der Waals surface area contributed by atoms with Gasteiger partial charge in [0, 0.05) is 16.3 Å². The molecule has 0 saturated carbocycles. The molecule has 0 atom stereocenters. The smallest absolute Gasteiger partial charge is 0.197 e. The van der Waals surface area contributed by atoms with Crippen molar-refractivity contribution in [3.8, 4) is 0 Å². The van der Waals surface area contributed by atoms with E-state index in [9.17, 15) is 24.3 Å². The number of fused-ring (bicyclic) bond motifs is 2. The monoisotopic (exact) mass is 346 g/mol. The summed E-state index contributed by atoms with van der Waals surface area (Å²) in [5.41, 5.74) is -1.61. The number of ketones is 2. The zero-order valence-electron chi connectivity index (χ0n) is 13.7. The number of allylic oxidation sites excluding steroid dienone is 5. The number of aliphatic hydroxyl groups is 1. The first-order valence-electron chi connectivity index (χ1n) is 7.81. The third-order valence-electron chi connectivity index (χ3n) is 4.34. The van der Waals surface area contributed by atoms with E-state index in [0.717, 1.165) is 12.2 Å². The quantitative estimate of drug-likeness (QED) is 0.522. The van der Waals surface area contributed by atoms with E-state index < -0.39 is 22.4 Å². The molecule has 128 valence electrons. The SMILES string of the molecule is C=CC(=O)C(C(=O)C=C)=C1CC=C(O)c2c1c(=O)c1ccc(cc1)c2=O. The van der Waals surface area contributed by atoms with Crippen LogP contribution >= 0.6 is 0 Å². The summed E-state index contributed by atoms with van der Waals surface area (Å²) < 4.78 is 0. The van der Waals surface area contributed by atoms with Gasteiger partial charge in [-0.05, 0) is 30.2 Å². The minimum atomic E-state index is -0.678. The van der Waals surface area contributed by atoms with Crippen molar-refractivity contribution in [2.24, 2.45) is 0 Å². The summed E-state index contributed by atoms with van der Waals surface area (Å²) in [6.07, 6.45) is 3.19. The number of aliphatic hydroxyl groups excluding tert-OH is 1. The van der Waals surface area contributed by atoms with Gasteiger partial charge in [-0.2, -0.15) is 0 Å². The maximum Gasteiger partial charge on any atom is 0.197 e. The van der Waals surface area contributed by atoms with E-state index in [-0.39, 0.29) is 39.8 Å². The van der Waals surface area contributed by atoms with Gasteiger partial charge in [-0.1, -0.05) is 37.4 Å². The Kier molecular flexibility index (Phi) is 4.22. The lowest BCUT2D eigenvalue weighted by Gasteiger charge is -2.18. The van der Waals surface area contributed by atoms with Crippen molar-refractivity contribution < 1.29 is 14.7 Å². The molecule has 4 rings (SSSR count). The van der Waals surface area contributed by atoms with Crippen LogP contribution in [0.2, 0.25) is 0 Å². The van der Waals surface area contributed by atoms with Crippen LogP contribution in [-0.4, -0.2) is 16.7 Å². The van der Waals surface area contributed by atoms with Crippen LogP contribution in [0.15, 0.2) is 70.8 Å². The van der Waals surface area contributed by atoms with Gasteiger partial charge in [0.2, 0.25) is 0 Å². The molecule has 0 spiro atoms. The Morgan fingerprint density at radius 3 is 1.81 bits per heavy atom. The fraction of sp³-hybridized carbons (Fsp3) is 0.0476. The van der Waals surface area contributed by atoms with Crippen molar-refractivity contribution in [1.29, 1.82) is 0 Å². The van der Waals surface area contributed by atoms with Crippen LogP contribution in [0.5, 0.6) is 0 Å². The van der Waals surface area contributed by atoms with Gasteiger partial charge in [-0.25, -0.2) is 0 Å². The van der Waals surface area contributed by atoms with Crippen LogP contribution in [0.4, 0.5) is 0 Å². The van der Waals surface area contributed by atoms with Gasteiger partial charge in [0.05, 0.1) is 11.1 Å². The molecule has 0 heterocycles. The van der Waals surface area contributed by atoms with E-state index in [0.29, 0.717) is 5.39 Å². The average Bonchev–Trinajstić information content (AvgIpc) is 2.66. The molecule has 0 fully saturated rings. The van der Waals surface area contributed by atoms with Gasteiger partial charge in [-0.15, -0.1) is 0 Å². The predicted molar refractivity (Wildman–Crippen MR) is 100 cm³/mol. The van der Waals surface area contributed by atoms with Crippen LogP contribution in [0, 0.1) is 0 Å². The Hall–Kier alpha value is -3.60. The lowest BCUT2D eigenvalue weighted by Crippen LogP contribution is -2.23. The number of rotatable bonds is 4. The number of hydrogen-bond acceptors (Lipinski definition) is 5. The molecular weight excluding hydrogens is 332 g/mol. The molecule has 0 aliphatic heterocycles. The maximum absolute atomic E-state index is 13.0. The Morgan fingerprint density at radius 2 is 1.35 bits per heavy atom. The molecule has 3 aromatic carbocycles. The van der Waals surface area contributed by atoms with Gasteiger partial charge in [0.15, 0.2) is 22.4 Å². The largest absolute Gasteiger partial charge is 0.507 e. The number of carbonyl (C=O) groups excluding carboxylic acids is 2. The van der Waals surface area contributed by atoms with Crippen molar-refractivity contribution in [1.82, 2.24) is 0 Å². The van der Waals surface area contributed by atoms with Gasteiger partial charge >= 0.3 is 0 Å². The number of benzene rings is 1. The van der Waals surface area contributed by atoms with Gasteiger partial charge in [-0.3, -0.25) is 19.2 Å². The molecule has 0 unspecified atom stereocenters. The molecule has 5 heteroatoms. The molecule has 1 aliphatic rings. The summed E-state index contributed by atoms with van der Waals surface area (Å²) in [6.45, 7) is 6.77. The first-order valence-corrected chi connectivity index (χ1v) is 7.81. The summed E-state index contributed by atoms with van der Waals surface area (Å²) in [5, 5.41) is 10.8. The fourth-order valence-corrected chi connectivity index (χ4v) is 3.07. The zero-order valence-corrected chi connectivity index (χ0v) is 13.7.